The lowest BCUT2D eigenvalue weighted by Gasteiger charge is -2.37. The molecule has 1 aliphatic rings. The SMILES string of the molecule is CCN(CC1CCN(S(=O)(=O)N(C)C)CC1)C(C)Cc1ccc(C(F)(F)F)cc1. The standard InChI is InChI=1S/C20H32F3N3O2S/c1-5-25(15-18-10-12-26(13-11-18)29(27,28)24(3)4)16(2)14-17-6-8-19(9-7-17)20(21,22)23/h6-9,16,18H,5,10-15H2,1-4H3. The van der Waals surface area contributed by atoms with Crippen molar-refractivity contribution in [3.05, 3.63) is 35.4 Å². The van der Waals surface area contributed by atoms with Crippen molar-refractivity contribution in [2.24, 2.45) is 5.92 Å². The van der Waals surface area contributed by atoms with E-state index in [0.717, 1.165) is 43.6 Å². The molecule has 29 heavy (non-hydrogen) atoms. The lowest BCUT2D eigenvalue weighted by atomic mass is 9.96. The zero-order chi connectivity index (χ0) is 21.8. The van der Waals surface area contributed by atoms with Crippen LogP contribution < -0.4 is 0 Å². The Morgan fingerprint density at radius 2 is 1.69 bits per heavy atom. The van der Waals surface area contributed by atoms with Crippen LogP contribution in [0.4, 0.5) is 13.2 Å². The first-order chi connectivity index (χ1) is 13.4. The third kappa shape index (κ3) is 6.41. The number of benzene rings is 1. The zero-order valence-corrected chi connectivity index (χ0v) is 18.4. The molecule has 1 heterocycles. The molecule has 1 aliphatic heterocycles. The van der Waals surface area contributed by atoms with Crippen molar-refractivity contribution in [2.75, 3.05) is 40.3 Å². The summed E-state index contributed by atoms with van der Waals surface area (Å²) >= 11 is 0. The summed E-state index contributed by atoms with van der Waals surface area (Å²) in [4.78, 5) is 2.33. The van der Waals surface area contributed by atoms with Crippen LogP contribution in [-0.4, -0.2) is 68.2 Å². The first-order valence-corrected chi connectivity index (χ1v) is 11.4. The zero-order valence-electron chi connectivity index (χ0n) is 17.6. The third-order valence-electron chi connectivity index (χ3n) is 5.70. The number of hydrogen-bond donors (Lipinski definition) is 0. The van der Waals surface area contributed by atoms with Crippen LogP contribution in [-0.2, 0) is 22.8 Å². The molecular formula is C20H32F3N3O2S. The van der Waals surface area contributed by atoms with E-state index in [1.165, 1.54) is 8.61 Å². The Hall–Kier alpha value is -1.16. The van der Waals surface area contributed by atoms with Gasteiger partial charge in [0.25, 0.3) is 10.2 Å². The van der Waals surface area contributed by atoms with Gasteiger partial charge in [-0.3, -0.25) is 0 Å². The Balaban J connectivity index is 1.90. The number of nitrogens with zero attached hydrogens (tertiary/aromatic N) is 3. The summed E-state index contributed by atoms with van der Waals surface area (Å²) in [6.45, 7) is 6.93. The van der Waals surface area contributed by atoms with Gasteiger partial charge in [-0.25, -0.2) is 0 Å². The molecule has 0 spiro atoms. The molecule has 1 aromatic rings. The summed E-state index contributed by atoms with van der Waals surface area (Å²) in [6.07, 6.45) is -2.00. The van der Waals surface area contributed by atoms with Gasteiger partial charge in [-0.15, -0.1) is 0 Å². The van der Waals surface area contributed by atoms with Crippen molar-refractivity contribution in [3.63, 3.8) is 0 Å². The van der Waals surface area contributed by atoms with Gasteiger partial charge in [0, 0.05) is 39.8 Å². The molecule has 0 aromatic heterocycles. The van der Waals surface area contributed by atoms with E-state index in [9.17, 15) is 21.6 Å². The van der Waals surface area contributed by atoms with Gasteiger partial charge in [0.2, 0.25) is 0 Å². The van der Waals surface area contributed by atoms with Crippen molar-refractivity contribution in [2.45, 2.75) is 45.3 Å². The molecule has 0 saturated carbocycles. The predicted octanol–water partition coefficient (Wildman–Crippen LogP) is 3.48. The maximum atomic E-state index is 12.7. The average Bonchev–Trinajstić information content (AvgIpc) is 2.66. The summed E-state index contributed by atoms with van der Waals surface area (Å²) in [7, 11) is -0.266. The summed E-state index contributed by atoms with van der Waals surface area (Å²) in [5.74, 6) is 0.415. The van der Waals surface area contributed by atoms with Gasteiger partial charge in [0.05, 0.1) is 5.56 Å². The minimum absolute atomic E-state index is 0.195. The molecule has 1 saturated heterocycles. The van der Waals surface area contributed by atoms with Gasteiger partial charge >= 0.3 is 6.18 Å². The molecule has 1 atom stereocenters. The molecule has 1 aromatic carbocycles. The van der Waals surface area contributed by atoms with E-state index in [1.807, 2.05) is 0 Å². The van der Waals surface area contributed by atoms with Crippen LogP contribution in [0.2, 0.25) is 0 Å². The summed E-state index contributed by atoms with van der Waals surface area (Å²) in [5.41, 5.74) is 0.261. The topological polar surface area (TPSA) is 43.9 Å². The summed E-state index contributed by atoms with van der Waals surface area (Å²) in [6, 6.07) is 5.58. The molecule has 1 fully saturated rings. The molecule has 5 nitrogen and oxygen atoms in total. The Labute approximate surface area is 172 Å². The highest BCUT2D eigenvalue weighted by atomic mass is 32.2. The normalized spacial score (nSPS) is 18.5. The smallest absolute Gasteiger partial charge is 0.300 e. The monoisotopic (exact) mass is 435 g/mol. The van der Waals surface area contributed by atoms with Crippen molar-refractivity contribution in [1.29, 1.82) is 0 Å². The molecule has 2 rings (SSSR count). The van der Waals surface area contributed by atoms with E-state index >= 15 is 0 Å². The minimum atomic E-state index is -4.31. The Morgan fingerprint density at radius 1 is 1.14 bits per heavy atom. The molecule has 1 unspecified atom stereocenters. The first kappa shape index (κ1) is 24.1. The van der Waals surface area contributed by atoms with Crippen LogP contribution >= 0.6 is 0 Å². The largest absolute Gasteiger partial charge is 0.416 e. The molecule has 0 amide bonds. The fraction of sp³-hybridized carbons (Fsp3) is 0.700. The number of rotatable bonds is 8. The van der Waals surface area contributed by atoms with Crippen LogP contribution in [0.5, 0.6) is 0 Å². The number of hydrogen-bond acceptors (Lipinski definition) is 3. The Bertz CT molecular complexity index is 743. The fourth-order valence-electron chi connectivity index (χ4n) is 3.81. The van der Waals surface area contributed by atoms with Crippen LogP contribution in [0.3, 0.4) is 0 Å². The number of likely N-dealkylation sites (N-methyl/N-ethyl adjacent to an activating group) is 1. The van der Waals surface area contributed by atoms with Crippen molar-refractivity contribution < 1.29 is 21.6 Å². The van der Waals surface area contributed by atoms with Crippen molar-refractivity contribution in [3.8, 4) is 0 Å². The fourth-order valence-corrected chi connectivity index (χ4v) is 4.94. The van der Waals surface area contributed by atoms with Crippen LogP contribution in [0.15, 0.2) is 24.3 Å². The van der Waals surface area contributed by atoms with Crippen LogP contribution in [0.25, 0.3) is 0 Å². The highest BCUT2D eigenvalue weighted by Crippen LogP contribution is 2.29. The van der Waals surface area contributed by atoms with Crippen molar-refractivity contribution in [1.82, 2.24) is 13.5 Å². The van der Waals surface area contributed by atoms with Gasteiger partial charge in [0.1, 0.15) is 0 Å². The lowest BCUT2D eigenvalue weighted by Crippen LogP contribution is -2.47. The predicted molar refractivity (Wildman–Crippen MR) is 109 cm³/mol. The van der Waals surface area contributed by atoms with Crippen molar-refractivity contribution >= 4 is 10.2 Å². The maximum absolute atomic E-state index is 12.7. The number of halogens is 3. The maximum Gasteiger partial charge on any atom is 0.416 e. The molecule has 9 heteroatoms. The third-order valence-corrected chi connectivity index (χ3v) is 7.64. The highest BCUT2D eigenvalue weighted by Gasteiger charge is 2.31. The summed E-state index contributed by atoms with van der Waals surface area (Å²) in [5, 5.41) is 0. The average molecular weight is 436 g/mol. The molecular weight excluding hydrogens is 403 g/mol. The quantitative estimate of drug-likeness (QED) is 0.628. The second-order valence-electron chi connectivity index (χ2n) is 7.97. The molecule has 0 radical (unpaired) electrons. The van der Waals surface area contributed by atoms with E-state index in [-0.39, 0.29) is 6.04 Å². The van der Waals surface area contributed by atoms with E-state index < -0.39 is 21.9 Å². The second kappa shape index (κ2) is 9.76. The van der Waals surface area contributed by atoms with E-state index in [1.54, 1.807) is 26.2 Å². The lowest BCUT2D eigenvalue weighted by molar-refractivity contribution is -0.137. The van der Waals surface area contributed by atoms with Crippen LogP contribution in [0, 0.1) is 5.92 Å². The number of piperidine rings is 1. The van der Waals surface area contributed by atoms with Gasteiger partial charge in [-0.05, 0) is 56.3 Å². The van der Waals surface area contributed by atoms with Gasteiger partial charge in [0.15, 0.2) is 0 Å². The molecule has 0 N–H and O–H groups in total. The minimum Gasteiger partial charge on any atom is -0.300 e. The summed E-state index contributed by atoms with van der Waals surface area (Å²) < 4.78 is 65.4. The van der Waals surface area contributed by atoms with E-state index in [0.29, 0.717) is 25.4 Å². The first-order valence-electron chi connectivity index (χ1n) is 10.0. The van der Waals surface area contributed by atoms with Crippen LogP contribution in [0.1, 0.15) is 37.8 Å². The number of alkyl halides is 3. The molecule has 166 valence electrons. The van der Waals surface area contributed by atoms with Gasteiger partial charge in [-0.1, -0.05) is 19.1 Å². The Morgan fingerprint density at radius 3 is 2.14 bits per heavy atom. The molecule has 0 bridgehead atoms. The highest BCUT2D eigenvalue weighted by molar-refractivity contribution is 7.86. The second-order valence-corrected chi connectivity index (χ2v) is 10.1. The van der Waals surface area contributed by atoms with Gasteiger partial charge in [-0.2, -0.15) is 30.2 Å². The molecule has 0 aliphatic carbocycles. The Kier molecular flexibility index (Phi) is 8.12. The van der Waals surface area contributed by atoms with Gasteiger partial charge < -0.3 is 4.90 Å². The van der Waals surface area contributed by atoms with E-state index in [4.69, 9.17) is 0 Å². The van der Waals surface area contributed by atoms with E-state index in [2.05, 4.69) is 18.7 Å².